The molecule has 0 spiro atoms. The fraction of sp³-hybridized carbons (Fsp3) is 0.429. The number of carbonyl (C=O) groups excluding carboxylic acids is 1. The Labute approximate surface area is 219 Å². The van der Waals surface area contributed by atoms with Crippen LogP contribution in [0, 0.1) is 11.8 Å². The second kappa shape index (κ2) is 10.8. The molecule has 0 atom stereocenters. The van der Waals surface area contributed by atoms with Crippen LogP contribution < -0.4 is 10.2 Å². The maximum Gasteiger partial charge on any atom is 0.416 e. The summed E-state index contributed by atoms with van der Waals surface area (Å²) in [7, 11) is 0. The van der Waals surface area contributed by atoms with E-state index in [0.717, 1.165) is 86.9 Å². The van der Waals surface area contributed by atoms with Crippen molar-refractivity contribution in [1.29, 1.82) is 0 Å². The largest absolute Gasteiger partial charge is 0.416 e. The normalized spacial score (nSPS) is 20.8. The van der Waals surface area contributed by atoms with Crippen molar-refractivity contribution in [2.24, 2.45) is 11.8 Å². The standard InChI is InChI=1S/C28H30ClF3N4O/c29-22-6-8-23(9-7-22)35-13-15-36(16-14-35)27(37)20-3-1-19(2-4-20)18-34-25-11-12-33-26-17-21(28(30,31)32)5-10-24(25)26/h5-12,17,19-20H,1-4,13-16,18H2,(H,33,34). The summed E-state index contributed by atoms with van der Waals surface area (Å²) < 4.78 is 39.1. The van der Waals surface area contributed by atoms with Crippen LogP contribution in [-0.2, 0) is 11.0 Å². The highest BCUT2D eigenvalue weighted by atomic mass is 35.5. The minimum absolute atomic E-state index is 0.0703. The Bertz CT molecular complexity index is 1230. The minimum Gasteiger partial charge on any atom is -0.384 e. The molecule has 1 aromatic heterocycles. The number of halogens is 4. The molecule has 5 rings (SSSR count). The average Bonchev–Trinajstić information content (AvgIpc) is 2.91. The number of pyridine rings is 1. The first kappa shape index (κ1) is 25.6. The summed E-state index contributed by atoms with van der Waals surface area (Å²) in [6, 6.07) is 13.3. The first-order valence-electron chi connectivity index (χ1n) is 12.8. The van der Waals surface area contributed by atoms with Gasteiger partial charge in [0.1, 0.15) is 0 Å². The molecule has 1 N–H and O–H groups in total. The van der Waals surface area contributed by atoms with Crippen LogP contribution in [-0.4, -0.2) is 48.5 Å². The van der Waals surface area contributed by atoms with Crippen LogP contribution in [0.2, 0.25) is 5.02 Å². The number of fused-ring (bicyclic) bond motifs is 1. The van der Waals surface area contributed by atoms with Crippen LogP contribution in [0.5, 0.6) is 0 Å². The number of carbonyl (C=O) groups is 1. The number of amides is 1. The number of anilines is 2. The molecule has 37 heavy (non-hydrogen) atoms. The third-order valence-corrected chi connectivity index (χ3v) is 7.88. The number of piperazine rings is 1. The maximum absolute atomic E-state index is 13.2. The Morgan fingerprint density at radius 1 is 0.973 bits per heavy atom. The number of alkyl halides is 3. The lowest BCUT2D eigenvalue weighted by molar-refractivity contribution is -0.138. The van der Waals surface area contributed by atoms with Gasteiger partial charge in [0, 0.05) is 66.6 Å². The van der Waals surface area contributed by atoms with Crippen molar-refractivity contribution < 1.29 is 18.0 Å². The molecule has 1 saturated heterocycles. The fourth-order valence-corrected chi connectivity index (χ4v) is 5.57. The van der Waals surface area contributed by atoms with Gasteiger partial charge < -0.3 is 15.1 Å². The van der Waals surface area contributed by atoms with Gasteiger partial charge in [0.05, 0.1) is 11.1 Å². The van der Waals surface area contributed by atoms with Gasteiger partial charge in [-0.15, -0.1) is 0 Å². The smallest absolute Gasteiger partial charge is 0.384 e. The maximum atomic E-state index is 13.2. The van der Waals surface area contributed by atoms with E-state index in [1.807, 2.05) is 29.2 Å². The van der Waals surface area contributed by atoms with Crippen LogP contribution in [0.25, 0.3) is 10.9 Å². The Morgan fingerprint density at radius 2 is 1.68 bits per heavy atom. The monoisotopic (exact) mass is 530 g/mol. The highest BCUT2D eigenvalue weighted by Gasteiger charge is 2.32. The molecule has 9 heteroatoms. The number of nitrogens with one attached hydrogen (secondary N) is 1. The number of nitrogens with zero attached hydrogens (tertiary/aromatic N) is 3. The molecule has 5 nitrogen and oxygen atoms in total. The molecule has 0 unspecified atom stereocenters. The summed E-state index contributed by atoms with van der Waals surface area (Å²) in [5.74, 6) is 0.757. The lowest BCUT2D eigenvalue weighted by atomic mass is 9.81. The molecule has 2 aliphatic rings. The zero-order chi connectivity index (χ0) is 26.0. The second-order valence-corrected chi connectivity index (χ2v) is 10.4. The van der Waals surface area contributed by atoms with Gasteiger partial charge in [0.2, 0.25) is 5.91 Å². The summed E-state index contributed by atoms with van der Waals surface area (Å²) in [5, 5.41) is 4.81. The summed E-state index contributed by atoms with van der Waals surface area (Å²) >= 11 is 5.99. The first-order chi connectivity index (χ1) is 17.8. The molecule has 1 amide bonds. The van der Waals surface area contributed by atoms with E-state index < -0.39 is 11.7 Å². The van der Waals surface area contributed by atoms with Gasteiger partial charge in [0.25, 0.3) is 0 Å². The van der Waals surface area contributed by atoms with Crippen molar-refractivity contribution in [3.05, 3.63) is 65.3 Å². The molecule has 3 aromatic rings. The van der Waals surface area contributed by atoms with Crippen molar-refractivity contribution in [2.75, 3.05) is 42.9 Å². The summed E-state index contributed by atoms with van der Waals surface area (Å²) in [6.07, 6.45) is 0.792. The first-order valence-corrected chi connectivity index (χ1v) is 13.1. The predicted octanol–water partition coefficient (Wildman–Crippen LogP) is 6.47. The van der Waals surface area contributed by atoms with Crippen molar-refractivity contribution >= 4 is 39.8 Å². The van der Waals surface area contributed by atoms with Gasteiger partial charge in [-0.3, -0.25) is 9.78 Å². The molecule has 196 valence electrons. The molecule has 1 aliphatic heterocycles. The van der Waals surface area contributed by atoms with Crippen molar-refractivity contribution in [2.45, 2.75) is 31.9 Å². The van der Waals surface area contributed by atoms with Gasteiger partial charge in [-0.05, 0) is 74.1 Å². The summed E-state index contributed by atoms with van der Waals surface area (Å²) in [4.78, 5) is 21.6. The lowest BCUT2D eigenvalue weighted by Crippen LogP contribution is -2.50. The van der Waals surface area contributed by atoms with Gasteiger partial charge in [-0.1, -0.05) is 17.7 Å². The van der Waals surface area contributed by atoms with Crippen molar-refractivity contribution in [3.63, 3.8) is 0 Å². The third-order valence-electron chi connectivity index (χ3n) is 7.63. The van der Waals surface area contributed by atoms with Gasteiger partial charge in [0.15, 0.2) is 0 Å². The topological polar surface area (TPSA) is 48.5 Å². The second-order valence-electron chi connectivity index (χ2n) is 9.98. The quantitative estimate of drug-likeness (QED) is 0.410. The van der Waals surface area contributed by atoms with Gasteiger partial charge in [-0.2, -0.15) is 13.2 Å². The van der Waals surface area contributed by atoms with E-state index in [1.165, 1.54) is 12.3 Å². The molecule has 2 heterocycles. The molecule has 2 aromatic carbocycles. The Hall–Kier alpha value is -3.00. The van der Waals surface area contributed by atoms with E-state index in [9.17, 15) is 18.0 Å². The molecule has 1 aliphatic carbocycles. The average molecular weight is 531 g/mol. The molecule has 0 bridgehead atoms. The van der Waals surface area contributed by atoms with Crippen molar-refractivity contribution in [1.82, 2.24) is 9.88 Å². The lowest BCUT2D eigenvalue weighted by Gasteiger charge is -2.39. The van der Waals surface area contributed by atoms with E-state index in [1.54, 1.807) is 6.07 Å². The number of benzene rings is 2. The van der Waals surface area contributed by atoms with Crippen LogP contribution >= 0.6 is 11.6 Å². The molecular weight excluding hydrogens is 501 g/mol. The van der Waals surface area contributed by atoms with Crippen molar-refractivity contribution in [3.8, 4) is 0 Å². The number of hydrogen-bond donors (Lipinski definition) is 1. The van der Waals surface area contributed by atoms with E-state index >= 15 is 0 Å². The van der Waals surface area contributed by atoms with E-state index in [0.29, 0.717) is 16.8 Å². The van der Waals surface area contributed by atoms with E-state index in [2.05, 4.69) is 15.2 Å². The van der Waals surface area contributed by atoms with Crippen LogP contribution in [0.15, 0.2) is 54.7 Å². The zero-order valence-corrected chi connectivity index (χ0v) is 21.2. The van der Waals surface area contributed by atoms with Gasteiger partial charge in [-0.25, -0.2) is 0 Å². The van der Waals surface area contributed by atoms with Crippen LogP contribution in [0.3, 0.4) is 0 Å². The number of rotatable bonds is 5. The highest BCUT2D eigenvalue weighted by Crippen LogP contribution is 2.34. The Kier molecular flexibility index (Phi) is 7.47. The fourth-order valence-electron chi connectivity index (χ4n) is 5.44. The molecule has 1 saturated carbocycles. The molecular formula is C28H30ClF3N4O. The SMILES string of the molecule is O=C(C1CCC(CNc2ccnc3cc(C(F)(F)F)ccc23)CC1)N1CCN(c2ccc(Cl)cc2)CC1. The zero-order valence-electron chi connectivity index (χ0n) is 20.5. The number of hydrogen-bond acceptors (Lipinski definition) is 4. The van der Waals surface area contributed by atoms with E-state index in [-0.39, 0.29) is 11.8 Å². The van der Waals surface area contributed by atoms with Crippen LogP contribution in [0.4, 0.5) is 24.5 Å². The summed E-state index contributed by atoms with van der Waals surface area (Å²) in [5.41, 5.74) is 1.55. The highest BCUT2D eigenvalue weighted by molar-refractivity contribution is 6.30. The summed E-state index contributed by atoms with van der Waals surface area (Å²) in [6.45, 7) is 3.82. The number of aromatic nitrogens is 1. The van der Waals surface area contributed by atoms with Gasteiger partial charge >= 0.3 is 6.18 Å². The van der Waals surface area contributed by atoms with E-state index in [4.69, 9.17) is 11.6 Å². The molecule has 2 fully saturated rings. The Balaban J connectivity index is 1.10. The Morgan fingerprint density at radius 3 is 2.35 bits per heavy atom. The molecule has 0 radical (unpaired) electrons. The third kappa shape index (κ3) is 5.95. The minimum atomic E-state index is -4.39. The predicted molar refractivity (Wildman–Crippen MR) is 141 cm³/mol. The van der Waals surface area contributed by atoms with Crippen LogP contribution in [0.1, 0.15) is 31.2 Å².